The molecule has 37 heavy (non-hydrogen) atoms. The summed E-state index contributed by atoms with van der Waals surface area (Å²) in [4.78, 5) is 25.3. The second kappa shape index (κ2) is 10.8. The predicted molar refractivity (Wildman–Crippen MR) is 138 cm³/mol. The van der Waals surface area contributed by atoms with E-state index in [0.29, 0.717) is 28.7 Å². The fraction of sp³-hybridized carbons (Fsp3) is 0.375. The van der Waals surface area contributed by atoms with Crippen LogP contribution in [0.3, 0.4) is 0 Å². The number of benzene rings is 1. The third-order valence-corrected chi connectivity index (χ3v) is 7.27. The molecule has 0 spiro atoms. The second-order valence-electron chi connectivity index (χ2n) is 8.77. The molecule has 196 valence electrons. The Morgan fingerprint density at radius 2 is 2.11 bits per heavy atom. The van der Waals surface area contributed by atoms with Gasteiger partial charge in [0.2, 0.25) is 5.95 Å². The standard InChI is InChI=1S/C24H27F2N7O3S/c1-14-11-28-24(31-22(14)29-18-4-9-37-20(18)21(27)34)30-17-3-2-15(10-19(17)36-23(25)26)33-6-5-32-7-8-35-13-16(32)12-33/h2-4,9-11,16,23H,5-8,12-13H2,1H3,(H2,27,34)(H2,28,29,30,31)/t16-/m1/s1. The van der Waals surface area contributed by atoms with Gasteiger partial charge in [-0.3, -0.25) is 9.69 Å². The third-order valence-electron chi connectivity index (χ3n) is 6.34. The van der Waals surface area contributed by atoms with Crippen molar-refractivity contribution in [1.29, 1.82) is 0 Å². The van der Waals surface area contributed by atoms with Gasteiger partial charge in [0.1, 0.15) is 10.7 Å². The molecule has 3 aromatic rings. The summed E-state index contributed by atoms with van der Waals surface area (Å²) in [5.41, 5.74) is 7.77. The van der Waals surface area contributed by atoms with Gasteiger partial charge in [0, 0.05) is 49.7 Å². The average molecular weight is 532 g/mol. The number of fused-ring (bicyclic) bond motifs is 1. The van der Waals surface area contributed by atoms with E-state index >= 15 is 0 Å². The number of rotatable bonds is 8. The van der Waals surface area contributed by atoms with E-state index in [2.05, 4.69) is 30.4 Å². The van der Waals surface area contributed by atoms with Crippen molar-refractivity contribution in [3.05, 3.63) is 46.3 Å². The molecule has 2 aliphatic heterocycles. The molecule has 10 nitrogen and oxygen atoms in total. The first-order valence-corrected chi connectivity index (χ1v) is 12.7. The molecule has 2 aliphatic rings. The number of piperazine rings is 1. The molecule has 4 N–H and O–H groups in total. The van der Waals surface area contributed by atoms with Gasteiger partial charge >= 0.3 is 6.61 Å². The van der Waals surface area contributed by atoms with Crippen molar-refractivity contribution in [2.75, 3.05) is 54.9 Å². The quantitative estimate of drug-likeness (QED) is 0.401. The van der Waals surface area contributed by atoms with Gasteiger partial charge in [-0.2, -0.15) is 13.8 Å². The van der Waals surface area contributed by atoms with Crippen LogP contribution in [0, 0.1) is 6.92 Å². The molecule has 4 heterocycles. The number of thiophene rings is 1. The number of primary amides is 1. The summed E-state index contributed by atoms with van der Waals surface area (Å²) in [5.74, 6) is 0.0546. The van der Waals surface area contributed by atoms with E-state index in [-0.39, 0.29) is 17.7 Å². The lowest BCUT2D eigenvalue weighted by atomic mass is 10.1. The molecule has 0 radical (unpaired) electrons. The highest BCUT2D eigenvalue weighted by Crippen LogP contribution is 2.34. The number of anilines is 5. The molecule has 1 amide bonds. The first kappa shape index (κ1) is 25.1. The summed E-state index contributed by atoms with van der Waals surface area (Å²) in [5, 5.41) is 7.82. The number of hydrogen-bond donors (Lipinski definition) is 3. The normalized spacial score (nSPS) is 17.9. The summed E-state index contributed by atoms with van der Waals surface area (Å²) < 4.78 is 37.1. The predicted octanol–water partition coefficient (Wildman–Crippen LogP) is 3.55. The van der Waals surface area contributed by atoms with Crippen molar-refractivity contribution in [3.8, 4) is 5.75 Å². The first-order valence-electron chi connectivity index (χ1n) is 11.8. The van der Waals surface area contributed by atoms with E-state index in [0.717, 1.165) is 44.0 Å². The van der Waals surface area contributed by atoms with E-state index in [1.165, 1.54) is 11.3 Å². The highest BCUT2D eigenvalue weighted by molar-refractivity contribution is 7.12. The Kier molecular flexibility index (Phi) is 7.35. The van der Waals surface area contributed by atoms with E-state index < -0.39 is 12.5 Å². The monoisotopic (exact) mass is 531 g/mol. The molecule has 1 aromatic carbocycles. The number of nitrogens with zero attached hydrogens (tertiary/aromatic N) is 4. The van der Waals surface area contributed by atoms with Gasteiger partial charge in [0.15, 0.2) is 5.75 Å². The summed E-state index contributed by atoms with van der Waals surface area (Å²) in [7, 11) is 0. The minimum Gasteiger partial charge on any atom is -0.433 e. The fourth-order valence-electron chi connectivity index (χ4n) is 4.46. The Morgan fingerprint density at radius 3 is 2.92 bits per heavy atom. The lowest BCUT2D eigenvalue weighted by molar-refractivity contribution is -0.0493. The number of hydrogen-bond acceptors (Lipinski definition) is 10. The average Bonchev–Trinajstić information content (AvgIpc) is 3.35. The van der Waals surface area contributed by atoms with Crippen LogP contribution in [0.4, 0.5) is 37.6 Å². The second-order valence-corrected chi connectivity index (χ2v) is 9.69. The summed E-state index contributed by atoms with van der Waals surface area (Å²) >= 11 is 1.22. The molecule has 0 aliphatic carbocycles. The van der Waals surface area contributed by atoms with Crippen molar-refractivity contribution in [2.45, 2.75) is 19.6 Å². The number of carbonyl (C=O) groups excluding carboxylic acids is 1. The number of aromatic nitrogens is 2. The third kappa shape index (κ3) is 5.73. The minimum atomic E-state index is -3.00. The number of nitrogens with two attached hydrogens (primary N) is 1. The topological polar surface area (TPSA) is 118 Å². The van der Waals surface area contributed by atoms with Crippen LogP contribution >= 0.6 is 11.3 Å². The van der Waals surface area contributed by atoms with Crippen LogP contribution in [-0.2, 0) is 4.74 Å². The summed E-state index contributed by atoms with van der Waals surface area (Å²) in [6.07, 6.45) is 1.59. The molecule has 2 saturated heterocycles. The zero-order valence-corrected chi connectivity index (χ0v) is 20.9. The minimum absolute atomic E-state index is 0.0117. The number of ether oxygens (including phenoxy) is 2. The Labute approximate surface area is 216 Å². The van der Waals surface area contributed by atoms with Crippen molar-refractivity contribution >= 4 is 46.1 Å². The van der Waals surface area contributed by atoms with Crippen molar-refractivity contribution in [1.82, 2.24) is 14.9 Å². The number of aryl methyl sites for hydroxylation is 1. The molecular formula is C24H27F2N7O3S. The zero-order chi connectivity index (χ0) is 25.9. The maximum absolute atomic E-state index is 13.3. The molecule has 0 saturated carbocycles. The Morgan fingerprint density at radius 1 is 1.24 bits per heavy atom. The van der Waals surface area contributed by atoms with Crippen molar-refractivity contribution in [2.24, 2.45) is 5.73 Å². The fourth-order valence-corrected chi connectivity index (χ4v) is 5.16. The highest BCUT2D eigenvalue weighted by atomic mass is 32.1. The number of alkyl halides is 2. The van der Waals surface area contributed by atoms with Gasteiger partial charge in [-0.1, -0.05) is 0 Å². The zero-order valence-electron chi connectivity index (χ0n) is 20.1. The van der Waals surface area contributed by atoms with Gasteiger partial charge < -0.3 is 30.7 Å². The van der Waals surface area contributed by atoms with Crippen LogP contribution < -0.4 is 26.0 Å². The van der Waals surface area contributed by atoms with Crippen LogP contribution in [0.2, 0.25) is 0 Å². The number of nitrogens with one attached hydrogen (secondary N) is 2. The van der Waals surface area contributed by atoms with Gasteiger partial charge in [-0.05, 0) is 30.5 Å². The van der Waals surface area contributed by atoms with Crippen LogP contribution in [0.5, 0.6) is 5.75 Å². The smallest absolute Gasteiger partial charge is 0.387 e. The maximum atomic E-state index is 13.3. The van der Waals surface area contributed by atoms with Gasteiger partial charge in [0.25, 0.3) is 5.91 Å². The molecular weight excluding hydrogens is 504 g/mol. The molecule has 0 unspecified atom stereocenters. The Hall–Kier alpha value is -3.55. The Bertz CT molecular complexity index is 1270. The molecule has 1 atom stereocenters. The lowest BCUT2D eigenvalue weighted by Crippen LogP contribution is -2.58. The van der Waals surface area contributed by atoms with E-state index in [4.69, 9.17) is 15.2 Å². The van der Waals surface area contributed by atoms with Crippen LogP contribution in [-0.4, -0.2) is 72.8 Å². The van der Waals surface area contributed by atoms with E-state index in [1.54, 1.807) is 36.7 Å². The molecule has 5 rings (SSSR count). The van der Waals surface area contributed by atoms with E-state index in [1.807, 2.05) is 6.07 Å². The van der Waals surface area contributed by atoms with Gasteiger partial charge in [-0.15, -0.1) is 11.3 Å². The molecule has 13 heteroatoms. The van der Waals surface area contributed by atoms with E-state index in [9.17, 15) is 13.6 Å². The number of carbonyl (C=O) groups is 1. The molecule has 2 fully saturated rings. The van der Waals surface area contributed by atoms with Gasteiger partial charge in [0.05, 0.1) is 30.6 Å². The lowest BCUT2D eigenvalue weighted by Gasteiger charge is -2.44. The van der Waals surface area contributed by atoms with Crippen LogP contribution in [0.15, 0.2) is 35.8 Å². The summed E-state index contributed by atoms with van der Waals surface area (Å²) in [6, 6.07) is 7.14. The van der Waals surface area contributed by atoms with Gasteiger partial charge in [-0.25, -0.2) is 4.98 Å². The number of halogens is 2. The van der Waals surface area contributed by atoms with Crippen molar-refractivity contribution in [3.63, 3.8) is 0 Å². The Balaban J connectivity index is 1.37. The number of morpholine rings is 1. The first-order chi connectivity index (χ1) is 17.9. The maximum Gasteiger partial charge on any atom is 0.387 e. The number of amides is 1. The largest absolute Gasteiger partial charge is 0.433 e. The summed E-state index contributed by atoms with van der Waals surface area (Å²) in [6.45, 7) is 3.51. The highest BCUT2D eigenvalue weighted by Gasteiger charge is 2.30. The molecule has 2 aromatic heterocycles. The van der Waals surface area contributed by atoms with Crippen LogP contribution in [0.1, 0.15) is 15.2 Å². The SMILES string of the molecule is Cc1cnc(Nc2ccc(N3CCN4CCOC[C@H]4C3)cc2OC(F)F)nc1Nc1ccsc1C(N)=O. The molecule has 0 bridgehead atoms. The van der Waals surface area contributed by atoms with Crippen LogP contribution in [0.25, 0.3) is 0 Å². The van der Waals surface area contributed by atoms with Crippen molar-refractivity contribution < 1.29 is 23.0 Å².